The fourth-order valence-corrected chi connectivity index (χ4v) is 3.89. The van der Waals surface area contributed by atoms with Gasteiger partial charge in [-0.25, -0.2) is 0 Å². The van der Waals surface area contributed by atoms with E-state index in [1.165, 1.54) is 19.5 Å². The van der Waals surface area contributed by atoms with Crippen LogP contribution in [0.25, 0.3) is 0 Å². The summed E-state index contributed by atoms with van der Waals surface area (Å²) in [6, 6.07) is 7.70. The second kappa shape index (κ2) is 5.92. The molecule has 3 atom stereocenters. The molecule has 124 valence electrons. The molecule has 2 heterocycles. The lowest BCUT2D eigenvalue weighted by Crippen LogP contribution is -2.53. The lowest BCUT2D eigenvalue weighted by molar-refractivity contribution is -0.129. The van der Waals surface area contributed by atoms with Crippen molar-refractivity contribution < 1.29 is 9.21 Å². The highest BCUT2D eigenvalue weighted by Gasteiger charge is 2.58. The van der Waals surface area contributed by atoms with Crippen LogP contribution in [0.1, 0.15) is 18.4 Å². The number of fused-ring (bicyclic) bond motifs is 1. The van der Waals surface area contributed by atoms with Gasteiger partial charge in [0.1, 0.15) is 5.92 Å². The molecule has 0 aromatic carbocycles. The van der Waals surface area contributed by atoms with Crippen molar-refractivity contribution in [3.63, 3.8) is 0 Å². The van der Waals surface area contributed by atoms with Gasteiger partial charge in [-0.15, -0.1) is 0 Å². The zero-order valence-electron chi connectivity index (χ0n) is 13.6. The lowest BCUT2D eigenvalue weighted by atomic mass is 9.54. The van der Waals surface area contributed by atoms with E-state index < -0.39 is 23.2 Å². The first-order valence-corrected chi connectivity index (χ1v) is 7.78. The molecule has 1 aromatic rings. The minimum absolute atomic E-state index is 0.116. The Hall–Kier alpha value is -3.37. The Balaban J connectivity index is 2.23. The second-order valence-corrected chi connectivity index (χ2v) is 6.28. The van der Waals surface area contributed by atoms with E-state index in [4.69, 9.17) is 9.83 Å². The number of hydrogen-bond acceptors (Lipinski definition) is 6. The van der Waals surface area contributed by atoms with Gasteiger partial charge in [0.15, 0.2) is 5.41 Å². The maximum atomic E-state index is 11.8. The summed E-state index contributed by atoms with van der Waals surface area (Å²) in [5.41, 5.74) is -0.653. The average Bonchev–Trinajstić information content (AvgIpc) is 3.14. The van der Waals surface area contributed by atoms with Crippen molar-refractivity contribution in [2.24, 2.45) is 17.3 Å². The van der Waals surface area contributed by atoms with Gasteiger partial charge in [-0.1, -0.05) is 6.08 Å². The number of rotatable bonds is 1. The maximum Gasteiger partial charge on any atom is 0.219 e. The van der Waals surface area contributed by atoms with Crippen molar-refractivity contribution in [1.29, 1.82) is 21.2 Å². The molecule has 0 spiro atoms. The first-order chi connectivity index (χ1) is 12.0. The molecule has 0 radical (unpaired) electrons. The van der Waals surface area contributed by atoms with Gasteiger partial charge in [-0.05, 0) is 17.2 Å². The normalized spacial score (nSPS) is 27.3. The second-order valence-electron chi connectivity index (χ2n) is 6.28. The van der Waals surface area contributed by atoms with Crippen molar-refractivity contribution in [3.05, 3.63) is 35.8 Å². The molecule has 1 N–H and O–H groups in total. The zero-order chi connectivity index (χ0) is 18.2. The minimum Gasteiger partial charge on any atom is -0.472 e. The monoisotopic (exact) mass is 333 g/mol. The van der Waals surface area contributed by atoms with Gasteiger partial charge in [-0.2, -0.15) is 15.8 Å². The Morgan fingerprint density at radius 2 is 2.12 bits per heavy atom. The first kappa shape index (κ1) is 16.5. The molecule has 7 nitrogen and oxygen atoms in total. The molecule has 1 aliphatic carbocycles. The van der Waals surface area contributed by atoms with Crippen molar-refractivity contribution in [3.8, 4) is 18.2 Å². The number of nitriles is 3. The van der Waals surface area contributed by atoms with Crippen LogP contribution >= 0.6 is 0 Å². The number of hydrogen-bond donors (Lipinski definition) is 1. The van der Waals surface area contributed by atoms with Crippen LogP contribution in [-0.2, 0) is 4.79 Å². The number of carbonyl (C=O) groups excluding carboxylic acids is 1. The molecule has 7 heteroatoms. The van der Waals surface area contributed by atoms with Crippen LogP contribution in [0.2, 0.25) is 0 Å². The number of carbonyl (C=O) groups is 1. The highest BCUT2D eigenvalue weighted by atomic mass is 16.3. The summed E-state index contributed by atoms with van der Waals surface area (Å²) in [7, 11) is 0. The van der Waals surface area contributed by atoms with Crippen molar-refractivity contribution in [2.75, 3.05) is 13.1 Å². The Labute approximate surface area is 144 Å². The van der Waals surface area contributed by atoms with Crippen molar-refractivity contribution >= 4 is 11.6 Å². The minimum atomic E-state index is -1.77. The van der Waals surface area contributed by atoms with Crippen LogP contribution in [0.5, 0.6) is 0 Å². The molecule has 2 aliphatic rings. The van der Waals surface area contributed by atoms with Crippen LogP contribution in [0, 0.1) is 56.7 Å². The third-order valence-corrected chi connectivity index (χ3v) is 5.14. The predicted octanol–water partition coefficient (Wildman–Crippen LogP) is 1.97. The Bertz CT molecular complexity index is 864. The Morgan fingerprint density at radius 3 is 2.64 bits per heavy atom. The topological polar surface area (TPSA) is 129 Å². The van der Waals surface area contributed by atoms with Gasteiger partial charge in [0.25, 0.3) is 0 Å². The Morgan fingerprint density at radius 1 is 1.40 bits per heavy atom. The van der Waals surface area contributed by atoms with E-state index >= 15 is 0 Å². The third-order valence-electron chi connectivity index (χ3n) is 5.14. The summed E-state index contributed by atoms with van der Waals surface area (Å²) in [4.78, 5) is 13.4. The molecule has 1 amide bonds. The molecule has 25 heavy (non-hydrogen) atoms. The first-order valence-electron chi connectivity index (χ1n) is 7.78. The van der Waals surface area contributed by atoms with E-state index in [9.17, 15) is 20.6 Å². The van der Waals surface area contributed by atoms with Crippen LogP contribution in [-0.4, -0.2) is 29.6 Å². The SMILES string of the molecule is CC(=O)N1CC=C2C(C#N)C(=N)C(C#N)(C#N)[C@@H](c3ccoc3)[C@H]2C1. The molecule has 1 aliphatic heterocycles. The van der Waals surface area contributed by atoms with Gasteiger partial charge in [-0.3, -0.25) is 4.79 Å². The number of nitrogens with zero attached hydrogens (tertiary/aromatic N) is 4. The van der Waals surface area contributed by atoms with Crippen molar-refractivity contribution in [2.45, 2.75) is 12.8 Å². The molecular weight excluding hydrogens is 318 g/mol. The van der Waals surface area contributed by atoms with Crippen LogP contribution in [0.4, 0.5) is 0 Å². The number of furan rings is 1. The highest BCUT2D eigenvalue weighted by molar-refractivity contribution is 6.00. The quantitative estimate of drug-likeness (QED) is 0.785. The van der Waals surface area contributed by atoms with E-state index in [1.54, 1.807) is 17.0 Å². The fraction of sp³-hybridized carbons (Fsp3) is 0.389. The fourth-order valence-electron chi connectivity index (χ4n) is 3.89. The Kier molecular flexibility index (Phi) is 3.91. The largest absolute Gasteiger partial charge is 0.472 e. The van der Waals surface area contributed by atoms with Crippen LogP contribution in [0.3, 0.4) is 0 Å². The maximum absolute atomic E-state index is 11.8. The van der Waals surface area contributed by atoms with Gasteiger partial charge in [0.2, 0.25) is 5.91 Å². The number of amides is 1. The predicted molar refractivity (Wildman–Crippen MR) is 85.8 cm³/mol. The molecular formula is C18H15N5O2. The highest BCUT2D eigenvalue weighted by Crippen LogP contribution is 2.53. The van der Waals surface area contributed by atoms with E-state index in [0.29, 0.717) is 24.2 Å². The summed E-state index contributed by atoms with van der Waals surface area (Å²) in [5.74, 6) is -2.11. The third kappa shape index (κ3) is 2.23. The summed E-state index contributed by atoms with van der Waals surface area (Å²) < 4.78 is 5.14. The molecule has 0 saturated heterocycles. The van der Waals surface area contributed by atoms with Gasteiger partial charge in [0.05, 0.1) is 36.4 Å². The molecule has 3 rings (SSSR count). The van der Waals surface area contributed by atoms with E-state index in [-0.39, 0.29) is 11.6 Å². The summed E-state index contributed by atoms with van der Waals surface area (Å²) >= 11 is 0. The molecule has 1 aromatic heterocycles. The number of nitrogens with one attached hydrogen (secondary N) is 1. The summed E-state index contributed by atoms with van der Waals surface area (Å²) in [6.07, 6.45) is 4.69. The molecule has 0 bridgehead atoms. The van der Waals surface area contributed by atoms with E-state index in [0.717, 1.165) is 0 Å². The zero-order valence-corrected chi connectivity index (χ0v) is 13.6. The van der Waals surface area contributed by atoms with E-state index in [2.05, 4.69) is 6.07 Å². The van der Waals surface area contributed by atoms with Gasteiger partial charge >= 0.3 is 0 Å². The average molecular weight is 333 g/mol. The van der Waals surface area contributed by atoms with Crippen molar-refractivity contribution in [1.82, 2.24) is 4.90 Å². The van der Waals surface area contributed by atoms with Gasteiger partial charge in [0, 0.05) is 31.8 Å². The molecule has 1 unspecified atom stereocenters. The smallest absolute Gasteiger partial charge is 0.219 e. The van der Waals surface area contributed by atoms with Crippen LogP contribution in [0.15, 0.2) is 34.7 Å². The van der Waals surface area contributed by atoms with Gasteiger partial charge < -0.3 is 14.7 Å². The molecule has 1 saturated carbocycles. The summed E-state index contributed by atoms with van der Waals surface area (Å²) in [6.45, 7) is 2.12. The molecule has 1 fully saturated rings. The van der Waals surface area contributed by atoms with Crippen LogP contribution < -0.4 is 0 Å². The summed E-state index contributed by atoms with van der Waals surface area (Å²) in [5, 5.41) is 37.6. The lowest BCUT2D eigenvalue weighted by Gasteiger charge is -2.47. The standard InChI is InChI=1S/C18H15N5O2/c1-11(24)23-4-2-13-14(6-19)17(22)18(9-20,10-21)16(15(13)7-23)12-3-5-25-8-12/h2-3,5,8,14-16,22H,4,7H2,1H3/t14?,15-,16-/m0/s1. The van der Waals surface area contributed by atoms with E-state index in [1.807, 2.05) is 12.1 Å².